The summed E-state index contributed by atoms with van der Waals surface area (Å²) in [5.74, 6) is -0.524. The maximum absolute atomic E-state index is 11.5. The van der Waals surface area contributed by atoms with Crippen molar-refractivity contribution in [3.8, 4) is 0 Å². The van der Waals surface area contributed by atoms with Crippen LogP contribution in [0.1, 0.15) is 17.4 Å². The number of esters is 1. The zero-order chi connectivity index (χ0) is 11.6. The van der Waals surface area contributed by atoms with Gasteiger partial charge in [-0.25, -0.2) is 9.48 Å². The van der Waals surface area contributed by atoms with E-state index in [-0.39, 0.29) is 10.3 Å². The fraction of sp³-hybridized carbons (Fsp3) is 0.500. The fourth-order valence-electron chi connectivity index (χ4n) is 1.03. The molecule has 82 valence electrons. The highest BCUT2D eigenvalue weighted by atomic mass is 32.1. The molecule has 0 atom stereocenters. The number of nitrogens with zero attached hydrogens (tertiary/aromatic N) is 3. The molecule has 0 saturated heterocycles. The highest BCUT2D eigenvalue weighted by Gasteiger charge is 2.13. The predicted octanol–water partition coefficient (Wildman–Crippen LogP) is 1.39. The minimum atomic E-state index is -0.524. The molecule has 5 nitrogen and oxygen atoms in total. The summed E-state index contributed by atoms with van der Waals surface area (Å²) in [6.07, 6.45) is 0. The molecule has 0 radical (unpaired) electrons. The Morgan fingerprint density at radius 3 is 2.60 bits per heavy atom. The topological polar surface area (TPSA) is 49.0 Å². The van der Waals surface area contributed by atoms with E-state index in [9.17, 15) is 4.79 Å². The number of carbonyl (C=O) groups excluding carboxylic acids is 1. The summed E-state index contributed by atoms with van der Waals surface area (Å²) in [5, 5.41) is 3.96. The first kappa shape index (κ1) is 12.0. The Labute approximate surface area is 97.3 Å². The van der Waals surface area contributed by atoms with Gasteiger partial charge in [-0.2, -0.15) is 5.10 Å². The second-order valence-electron chi connectivity index (χ2n) is 2.84. The minimum Gasteiger partial charge on any atom is -0.461 e. The molecule has 0 N–H and O–H groups in total. The molecule has 0 amide bonds. The third-order valence-corrected chi connectivity index (χ3v) is 2.80. The summed E-state index contributed by atoms with van der Waals surface area (Å²) in [7, 11) is 3.34. The van der Waals surface area contributed by atoms with Crippen molar-refractivity contribution in [3.05, 3.63) is 15.1 Å². The van der Waals surface area contributed by atoms with Crippen molar-refractivity contribution >= 4 is 30.4 Å². The summed E-state index contributed by atoms with van der Waals surface area (Å²) < 4.78 is 8.53. The van der Waals surface area contributed by atoms with Gasteiger partial charge in [-0.1, -0.05) is 12.2 Å². The molecule has 0 saturated carbocycles. The molecule has 1 heterocycles. The van der Waals surface area contributed by atoms with E-state index in [2.05, 4.69) is 5.10 Å². The average Bonchev–Trinajstić information content (AvgIpc) is 2.20. The molecule has 1 aromatic heterocycles. The molecule has 0 fully saturated rings. The van der Waals surface area contributed by atoms with Gasteiger partial charge in [-0.3, -0.25) is 0 Å². The molecular formula is C8H11N3O2S2. The number of rotatable bonds is 2. The van der Waals surface area contributed by atoms with Crippen LogP contribution in [-0.4, -0.2) is 26.9 Å². The predicted molar refractivity (Wildman–Crippen MR) is 59.8 cm³/mol. The Hall–Kier alpha value is -1.08. The Bertz CT molecular complexity index is 504. The number of ether oxygens (including phenoxy) is 1. The molecule has 7 heteroatoms. The molecule has 0 unspecified atom stereocenters. The van der Waals surface area contributed by atoms with Gasteiger partial charge in [0.15, 0.2) is 4.77 Å². The van der Waals surface area contributed by atoms with Crippen molar-refractivity contribution < 1.29 is 9.53 Å². The molecule has 0 aliphatic carbocycles. The third-order valence-electron chi connectivity index (χ3n) is 1.79. The van der Waals surface area contributed by atoms with Gasteiger partial charge >= 0.3 is 5.97 Å². The van der Waals surface area contributed by atoms with Gasteiger partial charge in [0.2, 0.25) is 5.69 Å². The summed E-state index contributed by atoms with van der Waals surface area (Å²) in [4.78, 5) is 11.5. The molecule has 15 heavy (non-hydrogen) atoms. The first-order valence-corrected chi connectivity index (χ1v) is 5.12. The van der Waals surface area contributed by atoms with Crippen LogP contribution in [0.5, 0.6) is 0 Å². The molecule has 0 spiro atoms. The molecule has 0 aromatic carbocycles. The number of carbonyl (C=O) groups is 1. The van der Waals surface area contributed by atoms with E-state index < -0.39 is 5.97 Å². The Morgan fingerprint density at radius 2 is 2.07 bits per heavy atom. The van der Waals surface area contributed by atoms with Gasteiger partial charge in [-0.15, -0.1) is 0 Å². The fourth-order valence-corrected chi connectivity index (χ4v) is 1.43. The van der Waals surface area contributed by atoms with E-state index in [1.807, 2.05) is 0 Å². The van der Waals surface area contributed by atoms with Gasteiger partial charge in [0, 0.05) is 14.1 Å². The van der Waals surface area contributed by atoms with Crippen molar-refractivity contribution in [1.29, 1.82) is 0 Å². The average molecular weight is 245 g/mol. The van der Waals surface area contributed by atoms with E-state index in [4.69, 9.17) is 29.2 Å². The standard InChI is InChI=1S/C8H11N3O2S2/c1-4-13-7(12)5-6(14)10(2)8(15)11(3)9-5/h4H2,1-3H3. The summed E-state index contributed by atoms with van der Waals surface area (Å²) in [6.45, 7) is 2.01. The van der Waals surface area contributed by atoms with E-state index in [0.717, 1.165) is 0 Å². The maximum Gasteiger partial charge on any atom is 0.361 e. The number of aryl methyl sites for hydroxylation is 1. The van der Waals surface area contributed by atoms with Crippen LogP contribution in [-0.2, 0) is 18.8 Å². The number of hydrogen-bond acceptors (Lipinski definition) is 5. The van der Waals surface area contributed by atoms with Crippen LogP contribution in [0.4, 0.5) is 0 Å². The molecule has 0 aliphatic heterocycles. The van der Waals surface area contributed by atoms with Crippen LogP contribution in [0, 0.1) is 9.41 Å². The van der Waals surface area contributed by atoms with E-state index in [1.165, 1.54) is 4.68 Å². The monoisotopic (exact) mass is 245 g/mol. The van der Waals surface area contributed by atoms with Gasteiger partial charge in [0.25, 0.3) is 0 Å². The normalized spacial score (nSPS) is 10.1. The first-order valence-electron chi connectivity index (χ1n) is 4.30. The molecule has 0 aliphatic rings. The van der Waals surface area contributed by atoms with Crippen molar-refractivity contribution in [2.75, 3.05) is 6.61 Å². The number of aromatic nitrogens is 3. The molecular weight excluding hydrogens is 234 g/mol. The largest absolute Gasteiger partial charge is 0.461 e. The van der Waals surface area contributed by atoms with Crippen molar-refractivity contribution in [2.45, 2.75) is 6.92 Å². The van der Waals surface area contributed by atoms with Crippen LogP contribution < -0.4 is 0 Å². The van der Waals surface area contributed by atoms with Crippen LogP contribution in [0.15, 0.2) is 0 Å². The quantitative estimate of drug-likeness (QED) is 0.582. The second kappa shape index (κ2) is 4.63. The lowest BCUT2D eigenvalue weighted by Crippen LogP contribution is -2.17. The van der Waals surface area contributed by atoms with E-state index >= 15 is 0 Å². The van der Waals surface area contributed by atoms with Crippen LogP contribution in [0.3, 0.4) is 0 Å². The van der Waals surface area contributed by atoms with Gasteiger partial charge in [0.05, 0.1) is 6.61 Å². The lowest BCUT2D eigenvalue weighted by molar-refractivity contribution is 0.0514. The van der Waals surface area contributed by atoms with Crippen molar-refractivity contribution in [1.82, 2.24) is 14.3 Å². The lowest BCUT2D eigenvalue weighted by Gasteiger charge is -2.07. The van der Waals surface area contributed by atoms with Gasteiger partial charge in [-0.05, 0) is 19.1 Å². The van der Waals surface area contributed by atoms with Crippen molar-refractivity contribution in [2.24, 2.45) is 14.1 Å². The molecule has 0 bridgehead atoms. The molecule has 1 aromatic rings. The summed E-state index contributed by atoms with van der Waals surface area (Å²) >= 11 is 10.1. The molecule has 1 rings (SSSR count). The van der Waals surface area contributed by atoms with Crippen LogP contribution >= 0.6 is 24.4 Å². The summed E-state index contributed by atoms with van der Waals surface area (Å²) in [6, 6.07) is 0. The van der Waals surface area contributed by atoms with E-state index in [1.54, 1.807) is 25.6 Å². The van der Waals surface area contributed by atoms with Crippen LogP contribution in [0.2, 0.25) is 0 Å². The third kappa shape index (κ3) is 2.29. The SMILES string of the molecule is CCOC(=O)c1nn(C)c(=S)n(C)c1=S. The Kier molecular flexibility index (Phi) is 3.70. The minimum absolute atomic E-state index is 0.116. The first-order chi connectivity index (χ1) is 6.99. The second-order valence-corrected chi connectivity index (χ2v) is 3.59. The summed E-state index contributed by atoms with van der Waals surface area (Å²) in [5.41, 5.74) is 0.116. The lowest BCUT2D eigenvalue weighted by atomic mass is 10.5. The zero-order valence-corrected chi connectivity index (χ0v) is 10.3. The Balaban J connectivity index is 3.39. The maximum atomic E-state index is 11.5. The highest BCUT2D eigenvalue weighted by Crippen LogP contribution is 2.01. The van der Waals surface area contributed by atoms with E-state index in [0.29, 0.717) is 11.4 Å². The van der Waals surface area contributed by atoms with Gasteiger partial charge < -0.3 is 9.30 Å². The van der Waals surface area contributed by atoms with Gasteiger partial charge in [0.1, 0.15) is 4.64 Å². The number of hydrogen-bond donors (Lipinski definition) is 0. The smallest absolute Gasteiger partial charge is 0.361 e. The Morgan fingerprint density at radius 1 is 1.47 bits per heavy atom. The van der Waals surface area contributed by atoms with Crippen LogP contribution in [0.25, 0.3) is 0 Å². The van der Waals surface area contributed by atoms with Crippen molar-refractivity contribution in [3.63, 3.8) is 0 Å². The zero-order valence-electron chi connectivity index (χ0n) is 8.68. The highest BCUT2D eigenvalue weighted by molar-refractivity contribution is 7.72.